The lowest BCUT2D eigenvalue weighted by Crippen LogP contribution is -2.38. The number of rotatable bonds is 5. The van der Waals surface area contributed by atoms with E-state index in [0.29, 0.717) is 5.02 Å². The van der Waals surface area contributed by atoms with Crippen molar-refractivity contribution in [1.29, 1.82) is 0 Å². The number of carbonyl (C=O) groups excluding carboxylic acids is 1. The highest BCUT2D eigenvalue weighted by molar-refractivity contribution is 6.30. The fourth-order valence-electron chi connectivity index (χ4n) is 2.80. The number of ketones is 1. The first-order chi connectivity index (χ1) is 9.60. The summed E-state index contributed by atoms with van der Waals surface area (Å²) in [6.45, 7) is 7.80. The highest BCUT2D eigenvalue weighted by Crippen LogP contribution is 2.23. The third-order valence-corrected chi connectivity index (χ3v) is 4.61. The van der Waals surface area contributed by atoms with E-state index >= 15 is 0 Å². The summed E-state index contributed by atoms with van der Waals surface area (Å²) in [7, 11) is 0. The normalized spacial score (nSPS) is 18.9. The van der Waals surface area contributed by atoms with Crippen molar-refractivity contribution < 1.29 is 4.79 Å². The van der Waals surface area contributed by atoms with Crippen LogP contribution in [0.1, 0.15) is 43.5 Å². The van der Waals surface area contributed by atoms with E-state index in [4.69, 9.17) is 11.6 Å². The van der Waals surface area contributed by atoms with Gasteiger partial charge in [-0.3, -0.25) is 4.79 Å². The molecular formula is C17H24ClNO. The predicted molar refractivity (Wildman–Crippen MR) is 84.4 cm³/mol. The Balaban J connectivity index is 1.87. The topological polar surface area (TPSA) is 20.3 Å². The second kappa shape index (κ2) is 7.24. The highest BCUT2D eigenvalue weighted by Gasteiger charge is 2.26. The van der Waals surface area contributed by atoms with Gasteiger partial charge in [0.05, 0.1) is 0 Å². The number of nitrogens with zero attached hydrogens (tertiary/aromatic N) is 1. The maximum atomic E-state index is 12.4. The van der Waals surface area contributed by atoms with Gasteiger partial charge >= 0.3 is 0 Å². The molecule has 0 aromatic heterocycles. The van der Waals surface area contributed by atoms with Gasteiger partial charge in [-0.25, -0.2) is 0 Å². The number of hydrogen-bond acceptors (Lipinski definition) is 2. The average Bonchev–Trinajstić information content (AvgIpc) is 2.48. The Labute approximate surface area is 127 Å². The Morgan fingerprint density at radius 3 is 2.45 bits per heavy atom. The maximum Gasteiger partial charge on any atom is 0.166 e. The van der Waals surface area contributed by atoms with Crippen molar-refractivity contribution in [3.05, 3.63) is 34.9 Å². The van der Waals surface area contributed by atoms with Gasteiger partial charge in [0.1, 0.15) is 0 Å². The standard InChI is InChI=1S/C17H24ClNO/c1-3-13(2)12-19-10-8-15(9-11-19)17(20)14-4-6-16(18)7-5-14/h4-7,13,15H,3,8-12H2,1-2H3/t13-/m1/s1. The van der Waals surface area contributed by atoms with Crippen molar-refractivity contribution in [2.75, 3.05) is 19.6 Å². The largest absolute Gasteiger partial charge is 0.303 e. The summed E-state index contributed by atoms with van der Waals surface area (Å²) >= 11 is 5.87. The highest BCUT2D eigenvalue weighted by atomic mass is 35.5. The first-order valence-electron chi connectivity index (χ1n) is 7.62. The number of piperidine rings is 1. The van der Waals surface area contributed by atoms with Gasteiger partial charge in [0.15, 0.2) is 5.78 Å². The Morgan fingerprint density at radius 2 is 1.90 bits per heavy atom. The van der Waals surface area contributed by atoms with Crippen LogP contribution in [0.4, 0.5) is 0 Å². The van der Waals surface area contributed by atoms with E-state index in [1.165, 1.54) is 13.0 Å². The molecule has 2 rings (SSSR count). The monoisotopic (exact) mass is 293 g/mol. The second-order valence-corrected chi connectivity index (χ2v) is 6.40. The van der Waals surface area contributed by atoms with Crippen LogP contribution in [-0.4, -0.2) is 30.3 Å². The van der Waals surface area contributed by atoms with Crippen molar-refractivity contribution in [3.63, 3.8) is 0 Å². The average molecular weight is 294 g/mol. The summed E-state index contributed by atoms with van der Waals surface area (Å²) in [6, 6.07) is 7.28. The summed E-state index contributed by atoms with van der Waals surface area (Å²) in [5.74, 6) is 1.22. The van der Waals surface area contributed by atoms with Gasteiger partial charge in [0.2, 0.25) is 0 Å². The molecule has 1 atom stereocenters. The molecule has 1 aromatic carbocycles. The number of halogens is 1. The molecular weight excluding hydrogens is 270 g/mol. The first kappa shape index (κ1) is 15.5. The molecule has 0 aliphatic carbocycles. The lowest BCUT2D eigenvalue weighted by atomic mass is 9.88. The summed E-state index contributed by atoms with van der Waals surface area (Å²) in [6.07, 6.45) is 3.19. The minimum atomic E-state index is 0.185. The summed E-state index contributed by atoms with van der Waals surface area (Å²) in [5, 5.41) is 0.685. The van der Waals surface area contributed by atoms with Gasteiger partial charge in [0.25, 0.3) is 0 Å². The smallest absolute Gasteiger partial charge is 0.166 e. The third-order valence-electron chi connectivity index (χ3n) is 4.35. The molecule has 1 saturated heterocycles. The summed E-state index contributed by atoms with van der Waals surface area (Å²) in [4.78, 5) is 14.9. The number of carbonyl (C=O) groups is 1. The van der Waals surface area contributed by atoms with Crippen molar-refractivity contribution >= 4 is 17.4 Å². The summed E-state index contributed by atoms with van der Waals surface area (Å²) < 4.78 is 0. The van der Waals surface area contributed by atoms with Crippen LogP contribution in [0.3, 0.4) is 0 Å². The van der Waals surface area contributed by atoms with Gasteiger partial charge in [-0.05, 0) is 56.1 Å². The van der Waals surface area contributed by atoms with Crippen LogP contribution >= 0.6 is 11.6 Å². The van der Waals surface area contributed by atoms with E-state index in [1.54, 1.807) is 12.1 Å². The SMILES string of the molecule is CC[C@@H](C)CN1CCC(C(=O)c2ccc(Cl)cc2)CC1. The van der Waals surface area contributed by atoms with Crippen LogP contribution in [0.5, 0.6) is 0 Å². The lowest BCUT2D eigenvalue weighted by molar-refractivity contribution is 0.0828. The zero-order valence-corrected chi connectivity index (χ0v) is 13.2. The lowest BCUT2D eigenvalue weighted by Gasteiger charge is -2.32. The van der Waals surface area contributed by atoms with E-state index in [1.807, 2.05) is 12.1 Å². The fourth-order valence-corrected chi connectivity index (χ4v) is 2.92. The number of likely N-dealkylation sites (tertiary alicyclic amines) is 1. The van der Waals surface area contributed by atoms with Crippen molar-refractivity contribution in [1.82, 2.24) is 4.90 Å². The van der Waals surface area contributed by atoms with Gasteiger partial charge in [0, 0.05) is 23.0 Å². The number of Topliss-reactive ketones (excluding diaryl/α,β-unsaturated/α-hetero) is 1. The van der Waals surface area contributed by atoms with Crippen LogP contribution in [0.2, 0.25) is 5.02 Å². The van der Waals surface area contributed by atoms with Crippen molar-refractivity contribution in [2.24, 2.45) is 11.8 Å². The quantitative estimate of drug-likeness (QED) is 0.755. The molecule has 0 spiro atoms. The Hall–Kier alpha value is -0.860. The first-order valence-corrected chi connectivity index (χ1v) is 8.00. The molecule has 20 heavy (non-hydrogen) atoms. The molecule has 1 aromatic rings. The molecule has 1 heterocycles. The molecule has 1 fully saturated rings. The van der Waals surface area contributed by atoms with Crippen LogP contribution < -0.4 is 0 Å². The summed E-state index contributed by atoms with van der Waals surface area (Å²) in [5.41, 5.74) is 0.801. The predicted octanol–water partition coefficient (Wildman–Crippen LogP) is 4.28. The second-order valence-electron chi connectivity index (χ2n) is 5.96. The zero-order chi connectivity index (χ0) is 14.5. The van der Waals surface area contributed by atoms with E-state index in [0.717, 1.165) is 37.4 Å². The van der Waals surface area contributed by atoms with Crippen LogP contribution in [0.15, 0.2) is 24.3 Å². The number of hydrogen-bond donors (Lipinski definition) is 0. The van der Waals surface area contributed by atoms with Gasteiger partial charge in [-0.1, -0.05) is 31.9 Å². The van der Waals surface area contributed by atoms with Crippen molar-refractivity contribution in [2.45, 2.75) is 33.1 Å². The molecule has 0 saturated carbocycles. The molecule has 110 valence electrons. The Morgan fingerprint density at radius 1 is 1.30 bits per heavy atom. The van der Waals surface area contributed by atoms with Crippen molar-refractivity contribution in [3.8, 4) is 0 Å². The van der Waals surface area contributed by atoms with Gasteiger partial charge in [-0.15, -0.1) is 0 Å². The fraction of sp³-hybridized carbons (Fsp3) is 0.588. The third kappa shape index (κ3) is 4.07. The van der Waals surface area contributed by atoms with Crippen LogP contribution in [-0.2, 0) is 0 Å². The minimum Gasteiger partial charge on any atom is -0.303 e. The zero-order valence-electron chi connectivity index (χ0n) is 12.4. The molecule has 0 bridgehead atoms. The molecule has 1 aliphatic heterocycles. The maximum absolute atomic E-state index is 12.4. The Kier molecular flexibility index (Phi) is 5.62. The number of benzene rings is 1. The molecule has 0 N–H and O–H groups in total. The van der Waals surface area contributed by atoms with E-state index < -0.39 is 0 Å². The van der Waals surface area contributed by atoms with E-state index in [-0.39, 0.29) is 11.7 Å². The molecule has 1 aliphatic rings. The molecule has 2 nitrogen and oxygen atoms in total. The molecule has 3 heteroatoms. The van der Waals surface area contributed by atoms with E-state index in [2.05, 4.69) is 18.7 Å². The van der Waals surface area contributed by atoms with Crippen LogP contribution in [0, 0.1) is 11.8 Å². The van der Waals surface area contributed by atoms with E-state index in [9.17, 15) is 4.79 Å². The Bertz CT molecular complexity index is 435. The minimum absolute atomic E-state index is 0.185. The molecule has 0 amide bonds. The molecule has 0 radical (unpaired) electrons. The van der Waals surface area contributed by atoms with Crippen LogP contribution in [0.25, 0.3) is 0 Å². The van der Waals surface area contributed by atoms with Gasteiger partial charge < -0.3 is 4.90 Å². The molecule has 0 unspecified atom stereocenters. The van der Waals surface area contributed by atoms with Gasteiger partial charge in [-0.2, -0.15) is 0 Å².